The van der Waals surface area contributed by atoms with Gasteiger partial charge in [-0.3, -0.25) is 9.59 Å². The molecule has 0 aliphatic carbocycles. The molecule has 10 heavy (non-hydrogen) atoms. The Morgan fingerprint density at radius 2 is 1.90 bits per heavy atom. The molecular formula is C5H9NO4. The lowest BCUT2D eigenvalue weighted by Crippen LogP contribution is -2.22. The Labute approximate surface area is 57.5 Å². The van der Waals surface area contributed by atoms with Crippen LogP contribution in [0.25, 0.3) is 0 Å². The number of amides is 1. The van der Waals surface area contributed by atoms with E-state index < -0.39 is 24.4 Å². The maximum Gasteiger partial charge on any atom is 0.305 e. The fourth-order valence-electron chi connectivity index (χ4n) is 0.506. The minimum absolute atomic E-state index is 0.299. The van der Waals surface area contributed by atoms with E-state index in [1.165, 1.54) is 0 Å². The van der Waals surface area contributed by atoms with Crippen molar-refractivity contribution in [3.05, 3.63) is 0 Å². The molecule has 4 N–H and O–H groups in total. The number of hydrogen-bond acceptors (Lipinski definition) is 3. The van der Waals surface area contributed by atoms with Crippen LogP contribution in [-0.2, 0) is 9.59 Å². The van der Waals surface area contributed by atoms with Crippen molar-refractivity contribution in [2.75, 3.05) is 0 Å². The van der Waals surface area contributed by atoms with Crippen molar-refractivity contribution < 1.29 is 19.8 Å². The van der Waals surface area contributed by atoms with E-state index >= 15 is 0 Å². The molecule has 0 aromatic rings. The standard InChI is InChI=1S/C5H9NO4/c6-4(8)1-3(7)2-5(9)10/h3,7H,1-2H2,(H2,6,8)(H,9,10)/t3-/m0/s1. The van der Waals surface area contributed by atoms with Crippen molar-refractivity contribution in [3.8, 4) is 0 Å². The van der Waals surface area contributed by atoms with Crippen molar-refractivity contribution in [2.45, 2.75) is 18.9 Å². The van der Waals surface area contributed by atoms with Gasteiger partial charge in [-0.2, -0.15) is 0 Å². The van der Waals surface area contributed by atoms with E-state index in [0.717, 1.165) is 0 Å². The normalized spacial score (nSPS) is 12.5. The van der Waals surface area contributed by atoms with Gasteiger partial charge < -0.3 is 15.9 Å². The Kier molecular flexibility index (Phi) is 3.42. The molecule has 5 heteroatoms. The van der Waals surface area contributed by atoms with Gasteiger partial charge in [0, 0.05) is 0 Å². The lowest BCUT2D eigenvalue weighted by atomic mass is 10.2. The van der Waals surface area contributed by atoms with E-state index in [4.69, 9.17) is 10.2 Å². The number of aliphatic hydroxyl groups excluding tert-OH is 1. The average Bonchev–Trinajstić information content (AvgIpc) is 1.58. The van der Waals surface area contributed by atoms with Crippen molar-refractivity contribution in [2.24, 2.45) is 5.73 Å². The number of carboxylic acid groups (broad SMARTS) is 1. The number of rotatable bonds is 4. The number of carboxylic acids is 1. The summed E-state index contributed by atoms with van der Waals surface area (Å²) in [6, 6.07) is 0. The maximum atomic E-state index is 10.1. The highest BCUT2D eigenvalue weighted by atomic mass is 16.4. The Hall–Kier alpha value is -1.10. The summed E-state index contributed by atoms with van der Waals surface area (Å²) < 4.78 is 0. The molecule has 0 heterocycles. The van der Waals surface area contributed by atoms with Gasteiger partial charge in [-0.15, -0.1) is 0 Å². The number of aliphatic carboxylic acids is 1. The summed E-state index contributed by atoms with van der Waals surface area (Å²) >= 11 is 0. The molecule has 1 amide bonds. The van der Waals surface area contributed by atoms with Crippen LogP contribution in [0, 0.1) is 0 Å². The summed E-state index contributed by atoms with van der Waals surface area (Å²) in [5.74, 6) is -1.84. The second-order valence-electron chi connectivity index (χ2n) is 1.92. The van der Waals surface area contributed by atoms with E-state index in [2.05, 4.69) is 5.73 Å². The van der Waals surface area contributed by atoms with Crippen molar-refractivity contribution >= 4 is 11.9 Å². The Bertz CT molecular complexity index is 129. The van der Waals surface area contributed by atoms with E-state index in [0.29, 0.717) is 0 Å². The molecule has 0 radical (unpaired) electrons. The van der Waals surface area contributed by atoms with Gasteiger partial charge >= 0.3 is 5.97 Å². The van der Waals surface area contributed by atoms with Crippen LogP contribution in [0.5, 0.6) is 0 Å². The van der Waals surface area contributed by atoms with Crippen molar-refractivity contribution in [3.63, 3.8) is 0 Å². The molecule has 58 valence electrons. The number of primary amides is 1. The predicted octanol–water partition coefficient (Wildman–Crippen LogP) is -1.30. The third-order valence-corrected chi connectivity index (χ3v) is 0.847. The highest BCUT2D eigenvalue weighted by Gasteiger charge is 2.11. The molecule has 0 fully saturated rings. The molecule has 0 unspecified atom stereocenters. The van der Waals surface area contributed by atoms with Crippen molar-refractivity contribution in [1.29, 1.82) is 0 Å². The number of nitrogens with two attached hydrogens (primary N) is 1. The Morgan fingerprint density at radius 3 is 2.20 bits per heavy atom. The summed E-state index contributed by atoms with van der Waals surface area (Å²) in [7, 11) is 0. The zero-order valence-electron chi connectivity index (χ0n) is 5.28. The fraction of sp³-hybridized carbons (Fsp3) is 0.600. The van der Waals surface area contributed by atoms with E-state index in [9.17, 15) is 9.59 Å². The Balaban J connectivity index is 3.53. The average molecular weight is 147 g/mol. The van der Waals surface area contributed by atoms with Crippen molar-refractivity contribution in [1.82, 2.24) is 0 Å². The van der Waals surface area contributed by atoms with Crippen LogP contribution in [0.15, 0.2) is 0 Å². The molecule has 0 aromatic carbocycles. The van der Waals surface area contributed by atoms with Gasteiger partial charge in [-0.1, -0.05) is 0 Å². The second-order valence-corrected chi connectivity index (χ2v) is 1.92. The summed E-state index contributed by atoms with van der Waals surface area (Å²) in [6.07, 6.45) is -1.90. The largest absolute Gasteiger partial charge is 0.481 e. The zero-order chi connectivity index (χ0) is 8.15. The van der Waals surface area contributed by atoms with Crippen LogP contribution in [0.3, 0.4) is 0 Å². The van der Waals surface area contributed by atoms with Crippen LogP contribution in [0.2, 0.25) is 0 Å². The third-order valence-electron chi connectivity index (χ3n) is 0.847. The molecule has 0 saturated carbocycles. The van der Waals surface area contributed by atoms with Gasteiger partial charge in [0.15, 0.2) is 0 Å². The van der Waals surface area contributed by atoms with Gasteiger partial charge in [0.1, 0.15) is 0 Å². The highest BCUT2D eigenvalue weighted by molar-refractivity contribution is 5.75. The van der Waals surface area contributed by atoms with Crippen LogP contribution in [-0.4, -0.2) is 28.2 Å². The SMILES string of the molecule is NC(=O)C[C@H](O)CC(=O)O. The minimum atomic E-state index is -1.16. The van der Waals surface area contributed by atoms with Crippen LogP contribution in [0.1, 0.15) is 12.8 Å². The van der Waals surface area contributed by atoms with Gasteiger partial charge in [0.2, 0.25) is 5.91 Å². The van der Waals surface area contributed by atoms with Gasteiger partial charge in [0.05, 0.1) is 18.9 Å². The number of hydrogen-bond donors (Lipinski definition) is 3. The molecular weight excluding hydrogens is 138 g/mol. The highest BCUT2D eigenvalue weighted by Crippen LogP contribution is 1.95. The van der Waals surface area contributed by atoms with E-state index in [1.54, 1.807) is 0 Å². The zero-order valence-corrected chi connectivity index (χ0v) is 5.28. The van der Waals surface area contributed by atoms with Crippen LogP contribution < -0.4 is 5.73 Å². The molecule has 1 atom stereocenters. The fourth-order valence-corrected chi connectivity index (χ4v) is 0.506. The first kappa shape index (κ1) is 8.90. The lowest BCUT2D eigenvalue weighted by Gasteiger charge is -2.02. The summed E-state index contributed by atoms with van der Waals surface area (Å²) in [4.78, 5) is 19.9. The second kappa shape index (κ2) is 3.84. The molecule has 0 bridgehead atoms. The predicted molar refractivity (Wildman–Crippen MR) is 32.1 cm³/mol. The molecule has 0 saturated heterocycles. The lowest BCUT2D eigenvalue weighted by molar-refractivity contribution is -0.139. The van der Waals surface area contributed by atoms with E-state index in [-0.39, 0.29) is 6.42 Å². The molecule has 5 nitrogen and oxygen atoms in total. The number of carbonyl (C=O) groups excluding carboxylic acids is 1. The van der Waals surface area contributed by atoms with E-state index in [1.807, 2.05) is 0 Å². The third kappa shape index (κ3) is 5.04. The molecule has 0 aliphatic heterocycles. The summed E-state index contributed by atoms with van der Waals surface area (Å²) in [5.41, 5.74) is 4.68. The number of carbonyl (C=O) groups is 2. The molecule has 0 spiro atoms. The number of aliphatic hydroxyl groups is 1. The van der Waals surface area contributed by atoms with Crippen LogP contribution in [0.4, 0.5) is 0 Å². The van der Waals surface area contributed by atoms with Crippen LogP contribution >= 0.6 is 0 Å². The monoisotopic (exact) mass is 147 g/mol. The minimum Gasteiger partial charge on any atom is -0.481 e. The summed E-state index contributed by atoms with van der Waals surface area (Å²) in [5, 5.41) is 16.8. The van der Waals surface area contributed by atoms with Gasteiger partial charge in [-0.25, -0.2) is 0 Å². The van der Waals surface area contributed by atoms with Gasteiger partial charge in [-0.05, 0) is 0 Å². The first-order valence-corrected chi connectivity index (χ1v) is 2.70. The summed E-state index contributed by atoms with van der Waals surface area (Å²) in [6.45, 7) is 0. The Morgan fingerprint density at radius 1 is 1.40 bits per heavy atom. The molecule has 0 aliphatic rings. The topological polar surface area (TPSA) is 101 Å². The molecule has 0 aromatic heterocycles. The quantitative estimate of drug-likeness (QED) is 0.460. The smallest absolute Gasteiger partial charge is 0.305 e. The first-order valence-electron chi connectivity index (χ1n) is 2.70. The molecule has 0 rings (SSSR count). The van der Waals surface area contributed by atoms with Gasteiger partial charge in [0.25, 0.3) is 0 Å². The first-order chi connectivity index (χ1) is 4.52. The maximum absolute atomic E-state index is 10.1.